The molecule has 1 aliphatic heterocycles. The summed E-state index contributed by atoms with van der Waals surface area (Å²) in [7, 11) is 0. The molecule has 29 heavy (non-hydrogen) atoms. The number of rotatable bonds is 3. The lowest BCUT2D eigenvalue weighted by Crippen LogP contribution is -2.37. The molecule has 8 nitrogen and oxygen atoms in total. The fraction of sp³-hybridized carbons (Fsp3) is 0.389. The smallest absolute Gasteiger partial charge is 0.392 e. The van der Waals surface area contributed by atoms with Gasteiger partial charge in [0.1, 0.15) is 11.3 Å². The van der Waals surface area contributed by atoms with Crippen molar-refractivity contribution in [1.29, 1.82) is 0 Å². The van der Waals surface area contributed by atoms with Crippen LogP contribution in [0.4, 0.5) is 24.8 Å². The van der Waals surface area contributed by atoms with Gasteiger partial charge in [-0.25, -0.2) is 14.5 Å². The number of anilines is 2. The molecule has 3 aromatic rings. The highest BCUT2D eigenvalue weighted by Crippen LogP contribution is 2.37. The van der Waals surface area contributed by atoms with Crippen LogP contribution in [0.1, 0.15) is 16.8 Å². The fourth-order valence-corrected chi connectivity index (χ4v) is 3.38. The highest BCUT2D eigenvalue weighted by Gasteiger charge is 2.35. The van der Waals surface area contributed by atoms with E-state index in [2.05, 4.69) is 15.1 Å². The van der Waals surface area contributed by atoms with Gasteiger partial charge in [-0.2, -0.15) is 13.2 Å². The number of nitrogens with two attached hydrogens (primary N) is 1. The van der Waals surface area contributed by atoms with Gasteiger partial charge in [-0.15, -0.1) is 5.10 Å². The maximum absolute atomic E-state index is 13.6. The number of alkyl halides is 3. The number of pyridine rings is 1. The second kappa shape index (κ2) is 7.16. The van der Waals surface area contributed by atoms with E-state index in [-0.39, 0.29) is 23.8 Å². The SMILES string of the molecule is Cc1c(CO)cc2c(N3CCOCC3)nc(-c3cnc(N)cc3C(F)(F)F)nn12. The number of ether oxygens (including phenoxy) is 1. The van der Waals surface area contributed by atoms with Crippen LogP contribution in [0.3, 0.4) is 0 Å². The molecule has 3 N–H and O–H groups in total. The summed E-state index contributed by atoms with van der Waals surface area (Å²) in [5.74, 6) is 0.114. The minimum Gasteiger partial charge on any atom is -0.392 e. The summed E-state index contributed by atoms with van der Waals surface area (Å²) in [5.41, 5.74) is 6.11. The van der Waals surface area contributed by atoms with Gasteiger partial charge in [0.25, 0.3) is 0 Å². The van der Waals surface area contributed by atoms with E-state index in [1.165, 1.54) is 4.52 Å². The Hall–Kier alpha value is -2.92. The molecule has 0 saturated carbocycles. The Kier molecular flexibility index (Phi) is 4.79. The van der Waals surface area contributed by atoms with Crippen LogP contribution < -0.4 is 10.6 Å². The van der Waals surface area contributed by atoms with Crippen LogP contribution in [0.25, 0.3) is 16.9 Å². The van der Waals surface area contributed by atoms with E-state index in [1.54, 1.807) is 13.0 Å². The van der Waals surface area contributed by atoms with Gasteiger partial charge in [0, 0.05) is 30.5 Å². The van der Waals surface area contributed by atoms with E-state index in [9.17, 15) is 18.3 Å². The van der Waals surface area contributed by atoms with Crippen molar-refractivity contribution < 1.29 is 23.0 Å². The van der Waals surface area contributed by atoms with Crippen LogP contribution in [0.2, 0.25) is 0 Å². The molecule has 11 heteroatoms. The number of nitrogen functional groups attached to an aromatic ring is 1. The Bertz CT molecular complexity index is 1060. The first kappa shape index (κ1) is 19.4. The van der Waals surface area contributed by atoms with Crippen LogP contribution in [0, 0.1) is 6.92 Å². The van der Waals surface area contributed by atoms with Gasteiger partial charge in [0.2, 0.25) is 0 Å². The van der Waals surface area contributed by atoms with Crippen molar-refractivity contribution in [2.45, 2.75) is 19.7 Å². The van der Waals surface area contributed by atoms with E-state index in [0.717, 1.165) is 12.3 Å². The average molecular weight is 408 g/mol. The molecule has 0 aromatic carbocycles. The molecule has 1 aliphatic rings. The van der Waals surface area contributed by atoms with Gasteiger partial charge < -0.3 is 20.5 Å². The van der Waals surface area contributed by atoms with E-state index in [0.29, 0.717) is 48.9 Å². The lowest BCUT2D eigenvalue weighted by molar-refractivity contribution is -0.137. The molecule has 3 aromatic heterocycles. The molecule has 0 aliphatic carbocycles. The van der Waals surface area contributed by atoms with Gasteiger partial charge in [0.05, 0.1) is 30.9 Å². The summed E-state index contributed by atoms with van der Waals surface area (Å²) in [6.07, 6.45) is -3.61. The molecule has 0 radical (unpaired) electrons. The first-order chi connectivity index (χ1) is 13.8. The Morgan fingerprint density at radius 2 is 1.97 bits per heavy atom. The van der Waals surface area contributed by atoms with Crippen molar-refractivity contribution in [2.24, 2.45) is 0 Å². The molecular formula is C18H19F3N6O2. The topological polar surface area (TPSA) is 102 Å². The number of aliphatic hydroxyl groups is 1. The van der Waals surface area contributed by atoms with Gasteiger partial charge in [-0.1, -0.05) is 0 Å². The minimum absolute atomic E-state index is 0.123. The predicted molar refractivity (Wildman–Crippen MR) is 99.3 cm³/mol. The van der Waals surface area contributed by atoms with Gasteiger partial charge >= 0.3 is 6.18 Å². The zero-order chi connectivity index (χ0) is 20.8. The van der Waals surface area contributed by atoms with E-state index >= 15 is 0 Å². The maximum atomic E-state index is 13.6. The first-order valence-corrected chi connectivity index (χ1v) is 8.95. The monoisotopic (exact) mass is 408 g/mol. The number of hydrogen-bond acceptors (Lipinski definition) is 7. The molecular weight excluding hydrogens is 389 g/mol. The molecule has 1 saturated heterocycles. The standard InChI is InChI=1S/C18H19F3N6O2/c1-10-11(9-28)6-14-17(26-2-4-29-5-3-26)24-16(25-27(10)14)12-8-23-15(22)7-13(12)18(19,20)21/h6-8,28H,2-5,9H2,1H3,(H2,22,23). The van der Waals surface area contributed by atoms with Crippen molar-refractivity contribution >= 4 is 17.2 Å². The zero-order valence-electron chi connectivity index (χ0n) is 15.6. The molecule has 4 rings (SSSR count). The molecule has 0 bridgehead atoms. The third-order valence-electron chi connectivity index (χ3n) is 4.91. The van der Waals surface area contributed by atoms with Crippen LogP contribution >= 0.6 is 0 Å². The van der Waals surface area contributed by atoms with Gasteiger partial charge in [0.15, 0.2) is 11.6 Å². The summed E-state index contributed by atoms with van der Waals surface area (Å²) >= 11 is 0. The number of aliphatic hydroxyl groups excluding tert-OH is 1. The van der Waals surface area contributed by atoms with Crippen LogP contribution in [0.5, 0.6) is 0 Å². The van der Waals surface area contributed by atoms with Crippen molar-refractivity contribution in [3.8, 4) is 11.4 Å². The molecule has 4 heterocycles. The second-order valence-corrected chi connectivity index (χ2v) is 6.72. The van der Waals surface area contributed by atoms with Crippen molar-refractivity contribution in [3.63, 3.8) is 0 Å². The number of nitrogens with zero attached hydrogens (tertiary/aromatic N) is 5. The van der Waals surface area contributed by atoms with E-state index in [4.69, 9.17) is 10.5 Å². The number of aryl methyl sites for hydroxylation is 1. The number of aromatic nitrogens is 4. The Morgan fingerprint density at radius 3 is 2.62 bits per heavy atom. The second-order valence-electron chi connectivity index (χ2n) is 6.72. The molecule has 0 spiro atoms. The summed E-state index contributed by atoms with van der Waals surface area (Å²) in [6.45, 7) is 3.56. The first-order valence-electron chi connectivity index (χ1n) is 8.95. The normalized spacial score (nSPS) is 15.3. The fourth-order valence-electron chi connectivity index (χ4n) is 3.38. The van der Waals surface area contributed by atoms with Crippen molar-refractivity contribution in [1.82, 2.24) is 19.6 Å². The summed E-state index contributed by atoms with van der Waals surface area (Å²) in [6, 6.07) is 2.52. The van der Waals surface area contributed by atoms with E-state index < -0.39 is 11.7 Å². The number of morpholine rings is 1. The quantitative estimate of drug-likeness (QED) is 0.684. The Balaban J connectivity index is 1.98. The summed E-state index contributed by atoms with van der Waals surface area (Å²) in [5, 5.41) is 13.9. The van der Waals surface area contributed by atoms with Crippen molar-refractivity contribution in [3.05, 3.63) is 35.2 Å². The number of hydrogen-bond donors (Lipinski definition) is 2. The lowest BCUT2D eigenvalue weighted by Gasteiger charge is -2.28. The van der Waals surface area contributed by atoms with Gasteiger partial charge in [-0.05, 0) is 19.1 Å². The highest BCUT2D eigenvalue weighted by atomic mass is 19.4. The molecule has 0 amide bonds. The van der Waals surface area contributed by atoms with Crippen LogP contribution in [-0.4, -0.2) is 51.0 Å². The molecule has 0 unspecified atom stereocenters. The summed E-state index contributed by atoms with van der Waals surface area (Å²) in [4.78, 5) is 10.2. The Labute approximate surface area is 163 Å². The van der Waals surface area contributed by atoms with Crippen LogP contribution in [-0.2, 0) is 17.5 Å². The number of fused-ring (bicyclic) bond motifs is 1. The maximum Gasteiger partial charge on any atom is 0.417 e. The predicted octanol–water partition coefficient (Wildman–Crippen LogP) is 2.03. The molecule has 154 valence electrons. The third kappa shape index (κ3) is 3.47. The zero-order valence-corrected chi connectivity index (χ0v) is 15.6. The highest BCUT2D eigenvalue weighted by molar-refractivity contribution is 5.74. The minimum atomic E-state index is -4.65. The Morgan fingerprint density at radius 1 is 1.24 bits per heavy atom. The molecule has 1 fully saturated rings. The van der Waals surface area contributed by atoms with Crippen molar-refractivity contribution in [2.75, 3.05) is 36.9 Å². The third-order valence-corrected chi connectivity index (χ3v) is 4.91. The summed E-state index contributed by atoms with van der Waals surface area (Å²) < 4.78 is 47.7. The van der Waals surface area contributed by atoms with Gasteiger partial charge in [-0.3, -0.25) is 0 Å². The van der Waals surface area contributed by atoms with Crippen LogP contribution in [0.15, 0.2) is 18.3 Å². The number of halogens is 3. The largest absolute Gasteiger partial charge is 0.417 e. The average Bonchev–Trinajstić information content (AvgIpc) is 3.03. The van der Waals surface area contributed by atoms with E-state index in [1.807, 2.05) is 4.90 Å². The molecule has 0 atom stereocenters. The lowest BCUT2D eigenvalue weighted by atomic mass is 10.1.